The van der Waals surface area contributed by atoms with E-state index < -0.39 is 0 Å². The molecule has 0 unspecified atom stereocenters. The minimum absolute atomic E-state index is 1.14. The molecule has 220 valence electrons. The molecule has 7 aromatic carbocycles. The third-order valence-corrected chi connectivity index (χ3v) is 9.07. The summed E-state index contributed by atoms with van der Waals surface area (Å²) in [7, 11) is 0. The Morgan fingerprint density at radius 3 is 1.65 bits per heavy atom. The largest absolute Gasteiger partial charge is 0.310 e. The zero-order valence-corrected chi connectivity index (χ0v) is 26.1. The van der Waals surface area contributed by atoms with Gasteiger partial charge in [0.1, 0.15) is 0 Å². The number of aryl methyl sites for hydroxylation is 2. The minimum Gasteiger partial charge on any atom is -0.310 e. The van der Waals surface area contributed by atoms with Gasteiger partial charge in [-0.05, 0) is 102 Å². The minimum atomic E-state index is 1.14. The first-order valence-corrected chi connectivity index (χ1v) is 15.9. The lowest BCUT2D eigenvalue weighted by Gasteiger charge is -2.28. The van der Waals surface area contributed by atoms with Crippen molar-refractivity contribution < 1.29 is 0 Å². The highest BCUT2D eigenvalue weighted by molar-refractivity contribution is 6.13. The van der Waals surface area contributed by atoms with Gasteiger partial charge in [-0.25, -0.2) is 0 Å². The molecule has 0 saturated heterocycles. The Balaban J connectivity index is 1.41. The first kappa shape index (κ1) is 27.7. The van der Waals surface area contributed by atoms with Gasteiger partial charge in [0, 0.05) is 33.5 Å². The normalized spacial score (nSPS) is 11.3. The van der Waals surface area contributed by atoms with Gasteiger partial charge in [-0.3, -0.25) is 0 Å². The van der Waals surface area contributed by atoms with Crippen molar-refractivity contribution >= 4 is 38.9 Å². The Hall–Kier alpha value is -5.86. The molecule has 8 rings (SSSR count). The Labute approximate surface area is 270 Å². The lowest BCUT2D eigenvalue weighted by Crippen LogP contribution is -2.12. The van der Waals surface area contributed by atoms with Crippen LogP contribution in [0.1, 0.15) is 11.1 Å². The summed E-state index contributed by atoms with van der Waals surface area (Å²) in [4.78, 5) is 2.40. The van der Waals surface area contributed by atoms with Gasteiger partial charge in [0.2, 0.25) is 0 Å². The fourth-order valence-electron chi connectivity index (χ4n) is 6.88. The van der Waals surface area contributed by atoms with Crippen LogP contribution in [-0.2, 0) is 0 Å². The molecular weight excluding hydrogens is 556 g/mol. The lowest BCUT2D eigenvalue weighted by molar-refractivity contribution is 1.18. The highest BCUT2D eigenvalue weighted by Crippen LogP contribution is 2.44. The molecule has 0 aliphatic carbocycles. The number of nitrogens with zero attached hydrogens (tertiary/aromatic N) is 2. The van der Waals surface area contributed by atoms with Crippen molar-refractivity contribution in [3.8, 4) is 27.9 Å². The maximum atomic E-state index is 2.45. The van der Waals surface area contributed by atoms with Gasteiger partial charge in [-0.2, -0.15) is 0 Å². The van der Waals surface area contributed by atoms with Crippen LogP contribution in [-0.4, -0.2) is 4.57 Å². The van der Waals surface area contributed by atoms with Crippen LogP contribution in [0.15, 0.2) is 170 Å². The SMILES string of the molecule is Cc1ccccc1N(c1ccccc1)c1ccc2c(c1C)c1ccccc1n2-c1cc(-c2ccccc2)cc(-c2ccccc2)c1. The van der Waals surface area contributed by atoms with Gasteiger partial charge in [0.25, 0.3) is 0 Å². The van der Waals surface area contributed by atoms with Gasteiger partial charge in [0.15, 0.2) is 0 Å². The number of anilines is 3. The van der Waals surface area contributed by atoms with E-state index in [9.17, 15) is 0 Å². The van der Waals surface area contributed by atoms with Gasteiger partial charge >= 0.3 is 0 Å². The standard InChI is InChI=1S/C44H34N2/c1-31-16-12-14-24-40(31)45(37-21-10-5-11-22-37)41-26-27-43-44(32(41)2)39-23-13-15-25-42(39)46(43)38-29-35(33-17-6-3-7-18-33)28-36(30-38)34-19-8-4-9-20-34/h3-30H,1-2H3. The molecule has 2 heteroatoms. The summed E-state index contributed by atoms with van der Waals surface area (Å²) in [6.07, 6.45) is 0. The smallest absolute Gasteiger partial charge is 0.0545 e. The number of benzene rings is 7. The first-order valence-electron chi connectivity index (χ1n) is 15.9. The fraction of sp³-hybridized carbons (Fsp3) is 0.0455. The van der Waals surface area contributed by atoms with Crippen molar-refractivity contribution in [1.29, 1.82) is 0 Å². The molecule has 0 aliphatic heterocycles. The number of hydrogen-bond acceptors (Lipinski definition) is 1. The van der Waals surface area contributed by atoms with Crippen molar-refractivity contribution in [3.63, 3.8) is 0 Å². The number of aromatic nitrogens is 1. The van der Waals surface area contributed by atoms with E-state index in [4.69, 9.17) is 0 Å². The van der Waals surface area contributed by atoms with E-state index in [2.05, 4.69) is 193 Å². The molecule has 0 atom stereocenters. The average molecular weight is 591 g/mol. The topological polar surface area (TPSA) is 8.17 Å². The zero-order valence-electron chi connectivity index (χ0n) is 26.1. The summed E-state index contributed by atoms with van der Waals surface area (Å²) in [5.74, 6) is 0. The van der Waals surface area contributed by atoms with E-state index in [-0.39, 0.29) is 0 Å². The molecule has 0 aliphatic rings. The fourth-order valence-corrected chi connectivity index (χ4v) is 6.88. The maximum Gasteiger partial charge on any atom is 0.0545 e. The molecular formula is C44H34N2. The second-order valence-corrected chi connectivity index (χ2v) is 11.9. The van der Waals surface area contributed by atoms with Crippen LogP contribution in [0.5, 0.6) is 0 Å². The van der Waals surface area contributed by atoms with E-state index in [1.807, 2.05) is 0 Å². The summed E-state index contributed by atoms with van der Waals surface area (Å²) in [6, 6.07) is 61.1. The quantitative estimate of drug-likeness (QED) is 0.187. The third-order valence-electron chi connectivity index (χ3n) is 9.07. The van der Waals surface area contributed by atoms with Gasteiger partial charge in [-0.15, -0.1) is 0 Å². The summed E-state index contributed by atoms with van der Waals surface area (Å²) < 4.78 is 2.45. The molecule has 0 amide bonds. The van der Waals surface area contributed by atoms with Crippen molar-refractivity contribution in [2.24, 2.45) is 0 Å². The molecule has 1 heterocycles. The average Bonchev–Trinajstić information content (AvgIpc) is 3.46. The number of fused-ring (bicyclic) bond motifs is 3. The predicted octanol–water partition coefficient (Wildman–Crippen LogP) is 12.2. The zero-order chi connectivity index (χ0) is 31.0. The number of rotatable bonds is 6. The van der Waals surface area contributed by atoms with Crippen LogP contribution >= 0.6 is 0 Å². The van der Waals surface area contributed by atoms with Crippen LogP contribution in [0.4, 0.5) is 17.1 Å². The Kier molecular flexibility index (Phi) is 6.96. The van der Waals surface area contributed by atoms with Crippen molar-refractivity contribution in [1.82, 2.24) is 4.57 Å². The molecule has 0 fully saturated rings. The van der Waals surface area contributed by atoms with Gasteiger partial charge in [-0.1, -0.05) is 115 Å². The van der Waals surface area contributed by atoms with E-state index in [1.54, 1.807) is 0 Å². The molecule has 0 spiro atoms. The summed E-state index contributed by atoms with van der Waals surface area (Å²) in [6.45, 7) is 4.47. The van der Waals surface area contributed by atoms with Crippen molar-refractivity contribution in [3.05, 3.63) is 181 Å². The summed E-state index contributed by atoms with van der Waals surface area (Å²) in [5, 5.41) is 2.52. The van der Waals surface area contributed by atoms with Gasteiger partial charge in [0.05, 0.1) is 11.0 Å². The van der Waals surface area contributed by atoms with E-state index in [0.29, 0.717) is 0 Å². The van der Waals surface area contributed by atoms with Crippen LogP contribution in [0.25, 0.3) is 49.7 Å². The third kappa shape index (κ3) is 4.76. The second kappa shape index (κ2) is 11.6. The maximum absolute atomic E-state index is 2.45. The molecule has 1 aromatic heterocycles. The Morgan fingerprint density at radius 1 is 0.435 bits per heavy atom. The van der Waals surface area contributed by atoms with Crippen molar-refractivity contribution in [2.45, 2.75) is 13.8 Å². The molecule has 8 aromatic rings. The molecule has 2 nitrogen and oxygen atoms in total. The summed E-state index contributed by atoms with van der Waals surface area (Å²) in [5.41, 5.74) is 14.4. The molecule has 0 N–H and O–H groups in total. The predicted molar refractivity (Wildman–Crippen MR) is 196 cm³/mol. The monoisotopic (exact) mass is 590 g/mol. The van der Waals surface area contributed by atoms with E-state index in [0.717, 1.165) is 11.4 Å². The molecule has 0 saturated carbocycles. The molecule has 46 heavy (non-hydrogen) atoms. The second-order valence-electron chi connectivity index (χ2n) is 11.9. The highest BCUT2D eigenvalue weighted by atomic mass is 15.1. The lowest BCUT2D eigenvalue weighted by atomic mass is 9.98. The van der Waals surface area contributed by atoms with Gasteiger partial charge < -0.3 is 9.47 Å². The Morgan fingerprint density at radius 2 is 1.00 bits per heavy atom. The van der Waals surface area contributed by atoms with Crippen LogP contribution in [0, 0.1) is 13.8 Å². The van der Waals surface area contributed by atoms with Crippen LogP contribution in [0.3, 0.4) is 0 Å². The highest BCUT2D eigenvalue weighted by Gasteiger charge is 2.21. The first-order chi connectivity index (χ1) is 22.7. The Bertz CT molecular complexity index is 2260. The van der Waals surface area contributed by atoms with Crippen LogP contribution in [0.2, 0.25) is 0 Å². The summed E-state index contributed by atoms with van der Waals surface area (Å²) >= 11 is 0. The van der Waals surface area contributed by atoms with E-state index >= 15 is 0 Å². The van der Waals surface area contributed by atoms with Crippen molar-refractivity contribution in [2.75, 3.05) is 4.90 Å². The van der Waals surface area contributed by atoms with Crippen LogP contribution < -0.4 is 4.90 Å². The van der Waals surface area contributed by atoms with E-state index in [1.165, 1.54) is 66.6 Å². The number of hydrogen-bond donors (Lipinski definition) is 0. The molecule has 0 radical (unpaired) electrons. The number of para-hydroxylation sites is 3. The molecule has 0 bridgehead atoms.